The van der Waals surface area contributed by atoms with Crippen molar-refractivity contribution in [1.82, 2.24) is 4.98 Å². The lowest BCUT2D eigenvalue weighted by atomic mass is 9.99. The van der Waals surface area contributed by atoms with Gasteiger partial charge in [0.1, 0.15) is 5.75 Å². The third-order valence-electron chi connectivity index (χ3n) is 4.15. The highest BCUT2D eigenvalue weighted by atomic mass is 16.5. The van der Waals surface area contributed by atoms with Crippen molar-refractivity contribution in [3.05, 3.63) is 75.1 Å². The van der Waals surface area contributed by atoms with E-state index in [0.717, 1.165) is 33.3 Å². The summed E-state index contributed by atoms with van der Waals surface area (Å²) >= 11 is 0. The molecule has 3 nitrogen and oxygen atoms in total. The van der Waals surface area contributed by atoms with Crippen LogP contribution in [0.3, 0.4) is 0 Å². The highest BCUT2D eigenvalue weighted by Crippen LogP contribution is 2.32. The Balaban J connectivity index is 2.28. The van der Waals surface area contributed by atoms with Crippen LogP contribution in [0.25, 0.3) is 10.9 Å². The van der Waals surface area contributed by atoms with E-state index in [2.05, 4.69) is 18.0 Å². The molecule has 1 aromatic heterocycles. The van der Waals surface area contributed by atoms with Crippen LogP contribution in [0.1, 0.15) is 29.2 Å². The van der Waals surface area contributed by atoms with Gasteiger partial charge in [0.15, 0.2) is 0 Å². The summed E-state index contributed by atoms with van der Waals surface area (Å²) in [7, 11) is 0. The molecule has 118 valence electrons. The second-order valence-corrected chi connectivity index (χ2v) is 5.81. The molecule has 0 aliphatic carbocycles. The number of aromatic amines is 1. The van der Waals surface area contributed by atoms with E-state index < -0.39 is 0 Å². The fourth-order valence-electron chi connectivity index (χ4n) is 2.97. The number of aromatic nitrogens is 1. The molecule has 0 saturated carbocycles. The Morgan fingerprint density at radius 1 is 1.00 bits per heavy atom. The number of ether oxygens (including phenoxy) is 1. The second kappa shape index (κ2) is 6.29. The molecule has 2 aromatic carbocycles. The summed E-state index contributed by atoms with van der Waals surface area (Å²) in [4.78, 5) is 15.7. The van der Waals surface area contributed by atoms with Gasteiger partial charge in [-0.1, -0.05) is 42.5 Å². The predicted octanol–water partition coefficient (Wildman–Crippen LogP) is 4.13. The van der Waals surface area contributed by atoms with Crippen LogP contribution in [0.15, 0.2) is 47.3 Å². The Morgan fingerprint density at radius 2 is 1.70 bits per heavy atom. The molecule has 3 heteroatoms. The lowest BCUT2D eigenvalue weighted by Gasteiger charge is -2.16. The number of pyridine rings is 1. The molecule has 0 aliphatic rings. The first-order valence-corrected chi connectivity index (χ1v) is 7.93. The zero-order valence-corrected chi connectivity index (χ0v) is 13.8. The van der Waals surface area contributed by atoms with Crippen LogP contribution in [0.2, 0.25) is 0 Å². The van der Waals surface area contributed by atoms with Crippen molar-refractivity contribution < 1.29 is 4.74 Å². The number of rotatable bonds is 4. The van der Waals surface area contributed by atoms with Crippen molar-refractivity contribution in [3.63, 3.8) is 0 Å². The maximum Gasteiger partial charge on any atom is 0.255 e. The summed E-state index contributed by atoms with van der Waals surface area (Å²) in [5.41, 5.74) is 4.76. The first-order valence-electron chi connectivity index (χ1n) is 7.93. The topological polar surface area (TPSA) is 42.1 Å². The Labute approximate surface area is 135 Å². The number of hydrogen-bond donors (Lipinski definition) is 1. The normalized spacial score (nSPS) is 10.9. The predicted molar refractivity (Wildman–Crippen MR) is 94.5 cm³/mol. The smallest absolute Gasteiger partial charge is 0.255 e. The van der Waals surface area contributed by atoms with E-state index in [0.29, 0.717) is 18.6 Å². The third kappa shape index (κ3) is 2.87. The number of fused-ring (bicyclic) bond motifs is 1. The summed E-state index contributed by atoms with van der Waals surface area (Å²) in [6, 6.07) is 14.1. The van der Waals surface area contributed by atoms with Crippen LogP contribution >= 0.6 is 0 Å². The van der Waals surface area contributed by atoms with Crippen LogP contribution in [0.4, 0.5) is 0 Å². The SMILES string of the molecule is CCOc1c(Cc2ccccc2)c(=O)[nH]c2c(C)ccc(C)c12. The molecular weight excluding hydrogens is 286 g/mol. The number of H-pyrrole nitrogens is 1. The van der Waals surface area contributed by atoms with Crippen molar-refractivity contribution in [3.8, 4) is 5.75 Å². The first-order chi connectivity index (χ1) is 11.1. The average molecular weight is 307 g/mol. The fraction of sp³-hybridized carbons (Fsp3) is 0.250. The van der Waals surface area contributed by atoms with Crippen LogP contribution in [-0.4, -0.2) is 11.6 Å². The lowest BCUT2D eigenvalue weighted by Crippen LogP contribution is -2.16. The van der Waals surface area contributed by atoms with Crippen molar-refractivity contribution in [1.29, 1.82) is 0 Å². The van der Waals surface area contributed by atoms with Crippen molar-refractivity contribution in [2.45, 2.75) is 27.2 Å². The molecule has 1 heterocycles. The van der Waals surface area contributed by atoms with E-state index in [1.54, 1.807) is 0 Å². The Hall–Kier alpha value is -2.55. The zero-order chi connectivity index (χ0) is 16.4. The van der Waals surface area contributed by atoms with Gasteiger partial charge in [-0.05, 0) is 37.5 Å². The van der Waals surface area contributed by atoms with E-state index in [-0.39, 0.29) is 5.56 Å². The van der Waals surface area contributed by atoms with Crippen molar-refractivity contribution in [2.75, 3.05) is 6.61 Å². The van der Waals surface area contributed by atoms with Crippen molar-refractivity contribution in [2.24, 2.45) is 0 Å². The molecule has 0 radical (unpaired) electrons. The summed E-state index contributed by atoms with van der Waals surface area (Å²) in [5, 5.41) is 1.01. The molecule has 3 aromatic rings. The van der Waals surface area contributed by atoms with E-state index in [1.165, 1.54) is 0 Å². The maximum absolute atomic E-state index is 12.7. The molecule has 1 N–H and O–H groups in total. The van der Waals surface area contributed by atoms with Gasteiger partial charge >= 0.3 is 0 Å². The molecular formula is C20H21NO2. The quantitative estimate of drug-likeness (QED) is 0.787. The molecule has 0 atom stereocenters. The zero-order valence-electron chi connectivity index (χ0n) is 13.8. The molecule has 0 aliphatic heterocycles. The molecule has 0 amide bonds. The lowest BCUT2D eigenvalue weighted by molar-refractivity contribution is 0.340. The minimum absolute atomic E-state index is 0.0708. The van der Waals surface area contributed by atoms with Crippen LogP contribution in [0, 0.1) is 13.8 Å². The van der Waals surface area contributed by atoms with Gasteiger partial charge in [-0.25, -0.2) is 0 Å². The summed E-state index contributed by atoms with van der Waals surface area (Å²) in [6.45, 7) is 6.54. The monoisotopic (exact) mass is 307 g/mol. The van der Waals surface area contributed by atoms with E-state index >= 15 is 0 Å². The summed E-state index contributed by atoms with van der Waals surface area (Å²) < 4.78 is 5.92. The Bertz CT molecular complexity index is 895. The van der Waals surface area contributed by atoms with Crippen molar-refractivity contribution >= 4 is 10.9 Å². The Morgan fingerprint density at radius 3 is 2.39 bits per heavy atom. The Kier molecular flexibility index (Phi) is 4.20. The average Bonchev–Trinajstić information content (AvgIpc) is 2.55. The molecule has 3 rings (SSSR count). The number of aryl methyl sites for hydroxylation is 2. The molecule has 23 heavy (non-hydrogen) atoms. The molecule has 0 fully saturated rings. The van der Waals surface area contributed by atoms with E-state index in [1.807, 2.05) is 50.2 Å². The van der Waals surface area contributed by atoms with Crippen LogP contribution in [-0.2, 0) is 6.42 Å². The third-order valence-corrected chi connectivity index (χ3v) is 4.15. The summed E-state index contributed by atoms with van der Waals surface area (Å²) in [5.74, 6) is 0.719. The second-order valence-electron chi connectivity index (χ2n) is 5.81. The maximum atomic E-state index is 12.7. The molecule has 0 spiro atoms. The molecule has 0 bridgehead atoms. The minimum Gasteiger partial charge on any atom is -0.493 e. The molecule has 0 saturated heterocycles. The van der Waals surface area contributed by atoms with E-state index in [4.69, 9.17) is 4.74 Å². The standard InChI is InChI=1S/C20H21NO2/c1-4-23-19-16(12-15-8-6-5-7-9-15)20(22)21-18-14(3)11-10-13(2)17(18)19/h5-11H,4,12H2,1-3H3,(H,21,22). The van der Waals surface area contributed by atoms with Gasteiger partial charge in [-0.2, -0.15) is 0 Å². The highest BCUT2D eigenvalue weighted by Gasteiger charge is 2.17. The van der Waals surface area contributed by atoms with Gasteiger partial charge in [0, 0.05) is 11.8 Å². The fourth-order valence-corrected chi connectivity index (χ4v) is 2.97. The number of hydrogen-bond acceptors (Lipinski definition) is 2. The van der Waals surface area contributed by atoms with Gasteiger partial charge in [0.2, 0.25) is 0 Å². The van der Waals surface area contributed by atoms with Gasteiger partial charge < -0.3 is 9.72 Å². The largest absolute Gasteiger partial charge is 0.493 e. The van der Waals surface area contributed by atoms with Gasteiger partial charge in [0.25, 0.3) is 5.56 Å². The number of benzene rings is 2. The molecule has 0 unspecified atom stereocenters. The first kappa shape index (κ1) is 15.3. The van der Waals surface area contributed by atoms with Gasteiger partial charge in [-0.15, -0.1) is 0 Å². The summed E-state index contributed by atoms with van der Waals surface area (Å²) in [6.07, 6.45) is 0.564. The minimum atomic E-state index is -0.0708. The van der Waals surface area contributed by atoms with E-state index in [9.17, 15) is 4.79 Å². The van der Waals surface area contributed by atoms with Crippen LogP contribution in [0.5, 0.6) is 5.75 Å². The van der Waals surface area contributed by atoms with Gasteiger partial charge in [0.05, 0.1) is 17.7 Å². The number of nitrogens with one attached hydrogen (secondary N) is 1. The van der Waals surface area contributed by atoms with Crippen LogP contribution < -0.4 is 10.3 Å². The highest BCUT2D eigenvalue weighted by molar-refractivity contribution is 5.91. The van der Waals surface area contributed by atoms with Gasteiger partial charge in [-0.3, -0.25) is 4.79 Å².